The van der Waals surface area contributed by atoms with E-state index in [4.69, 9.17) is 10.5 Å². The summed E-state index contributed by atoms with van der Waals surface area (Å²) in [6.45, 7) is 9.52. The third-order valence-electron chi connectivity index (χ3n) is 1.82. The van der Waals surface area contributed by atoms with Crippen LogP contribution >= 0.6 is 0 Å². The van der Waals surface area contributed by atoms with E-state index in [1.807, 2.05) is 26.8 Å². The molecule has 5 nitrogen and oxygen atoms in total. The zero-order valence-electron chi connectivity index (χ0n) is 10.8. The minimum absolute atomic E-state index is 0.218. The van der Waals surface area contributed by atoms with Crippen molar-refractivity contribution in [2.75, 3.05) is 12.8 Å². The smallest absolute Gasteiger partial charge is 0.239 e. The molecule has 1 rings (SSSR count). The molecule has 0 aromatic carbocycles. The van der Waals surface area contributed by atoms with Gasteiger partial charge in [-0.15, -0.1) is 5.10 Å². The number of aromatic amines is 1. The van der Waals surface area contributed by atoms with Crippen LogP contribution in [0.2, 0.25) is 0 Å². The Hall–Kier alpha value is -2.04. The van der Waals surface area contributed by atoms with Crippen molar-refractivity contribution in [3.05, 3.63) is 36.4 Å². The topological polar surface area (TPSA) is 76.8 Å². The second-order valence-electron chi connectivity index (χ2n) is 2.74. The summed E-state index contributed by atoms with van der Waals surface area (Å²) in [5, 5.41) is 6.47. The second-order valence-corrected chi connectivity index (χ2v) is 2.74. The second kappa shape index (κ2) is 8.15. The average molecular weight is 236 g/mol. The van der Waals surface area contributed by atoms with Crippen LogP contribution in [0.5, 0.6) is 0 Å². The summed E-state index contributed by atoms with van der Waals surface area (Å²) in [5.41, 5.74) is 6.26. The molecule has 0 bridgehead atoms. The maximum atomic E-state index is 5.41. The SMILES string of the molecule is C=C/C(=C\C(=C/C)c1nc(N)n[nH]1)OC.CC. The molecule has 0 fully saturated rings. The van der Waals surface area contributed by atoms with E-state index in [2.05, 4.69) is 21.8 Å². The first-order valence-corrected chi connectivity index (χ1v) is 5.44. The lowest BCUT2D eigenvalue weighted by Crippen LogP contribution is -1.89. The summed E-state index contributed by atoms with van der Waals surface area (Å²) < 4.78 is 5.07. The molecule has 1 aromatic rings. The largest absolute Gasteiger partial charge is 0.497 e. The van der Waals surface area contributed by atoms with Crippen molar-refractivity contribution in [3.8, 4) is 0 Å². The summed E-state index contributed by atoms with van der Waals surface area (Å²) in [7, 11) is 1.58. The van der Waals surface area contributed by atoms with Gasteiger partial charge in [-0.3, -0.25) is 5.10 Å². The van der Waals surface area contributed by atoms with Crippen molar-refractivity contribution in [1.29, 1.82) is 0 Å². The van der Waals surface area contributed by atoms with Gasteiger partial charge >= 0.3 is 0 Å². The summed E-state index contributed by atoms with van der Waals surface area (Å²) in [5.74, 6) is 1.47. The molecule has 0 spiro atoms. The number of nitrogen functional groups attached to an aromatic ring is 1. The van der Waals surface area contributed by atoms with E-state index in [0.29, 0.717) is 11.6 Å². The molecule has 1 heterocycles. The van der Waals surface area contributed by atoms with Gasteiger partial charge in [-0.25, -0.2) is 0 Å². The molecule has 0 amide bonds. The molecule has 94 valence electrons. The number of nitrogens with zero attached hydrogens (tertiary/aromatic N) is 2. The van der Waals surface area contributed by atoms with E-state index in [1.165, 1.54) is 0 Å². The van der Waals surface area contributed by atoms with Gasteiger partial charge in [0.1, 0.15) is 5.76 Å². The van der Waals surface area contributed by atoms with Gasteiger partial charge in [-0.1, -0.05) is 26.5 Å². The Morgan fingerprint density at radius 1 is 1.47 bits per heavy atom. The Morgan fingerprint density at radius 2 is 2.12 bits per heavy atom. The predicted octanol–water partition coefficient (Wildman–Crippen LogP) is 2.53. The molecule has 0 unspecified atom stereocenters. The van der Waals surface area contributed by atoms with Gasteiger partial charge in [0.05, 0.1) is 7.11 Å². The molecular weight excluding hydrogens is 216 g/mol. The van der Waals surface area contributed by atoms with Crippen LogP contribution in [0.25, 0.3) is 5.57 Å². The van der Waals surface area contributed by atoms with Crippen LogP contribution in [0.3, 0.4) is 0 Å². The Kier molecular flexibility index (Phi) is 7.17. The van der Waals surface area contributed by atoms with Crippen molar-refractivity contribution in [2.45, 2.75) is 20.8 Å². The number of ether oxygens (including phenoxy) is 1. The number of allylic oxidation sites excluding steroid dienone is 4. The highest BCUT2D eigenvalue weighted by Gasteiger charge is 2.04. The van der Waals surface area contributed by atoms with Gasteiger partial charge in [0.15, 0.2) is 5.82 Å². The molecule has 17 heavy (non-hydrogen) atoms. The quantitative estimate of drug-likeness (QED) is 0.622. The Balaban J connectivity index is 0.00000121. The minimum Gasteiger partial charge on any atom is -0.497 e. The van der Waals surface area contributed by atoms with Crippen LogP contribution in [-0.4, -0.2) is 22.3 Å². The molecule has 0 aliphatic heterocycles. The summed E-state index contributed by atoms with van der Waals surface area (Å²) in [4.78, 5) is 4.01. The van der Waals surface area contributed by atoms with Gasteiger partial charge in [-0.2, -0.15) is 4.98 Å². The van der Waals surface area contributed by atoms with Gasteiger partial charge in [0, 0.05) is 5.57 Å². The Morgan fingerprint density at radius 3 is 2.47 bits per heavy atom. The van der Waals surface area contributed by atoms with Crippen molar-refractivity contribution < 1.29 is 4.74 Å². The lowest BCUT2D eigenvalue weighted by molar-refractivity contribution is 0.307. The number of nitrogens with two attached hydrogens (primary N) is 1. The number of rotatable bonds is 4. The fourth-order valence-electron chi connectivity index (χ4n) is 1.05. The molecule has 0 radical (unpaired) electrons. The number of nitrogens with one attached hydrogen (secondary N) is 1. The van der Waals surface area contributed by atoms with Crippen LogP contribution in [0, 0.1) is 0 Å². The van der Waals surface area contributed by atoms with Crippen LogP contribution < -0.4 is 5.73 Å². The molecule has 1 aromatic heterocycles. The highest BCUT2D eigenvalue weighted by molar-refractivity contribution is 5.70. The monoisotopic (exact) mass is 236 g/mol. The molecule has 0 aliphatic carbocycles. The van der Waals surface area contributed by atoms with E-state index < -0.39 is 0 Å². The third kappa shape index (κ3) is 4.55. The molecule has 0 saturated carbocycles. The lowest BCUT2D eigenvalue weighted by atomic mass is 10.2. The molecular formula is C12H20N4O. The standard InChI is InChI=1S/C10H14N4O.C2H6/c1-4-7(6-8(5-2)15-3)9-12-10(11)14-13-9;1-2/h4-6H,2H2,1,3H3,(H3,11,12,13,14);1-2H3/b7-4+,8-6+;. The lowest BCUT2D eigenvalue weighted by Gasteiger charge is -2.00. The van der Waals surface area contributed by atoms with Crippen molar-refractivity contribution in [2.24, 2.45) is 0 Å². The summed E-state index contributed by atoms with van der Waals surface area (Å²) in [6.07, 6.45) is 5.29. The predicted molar refractivity (Wildman–Crippen MR) is 71.1 cm³/mol. The summed E-state index contributed by atoms with van der Waals surface area (Å²) in [6, 6.07) is 0. The number of hydrogen-bond donors (Lipinski definition) is 2. The van der Waals surface area contributed by atoms with Gasteiger partial charge in [0.2, 0.25) is 5.95 Å². The number of H-pyrrole nitrogens is 1. The zero-order chi connectivity index (χ0) is 13.3. The van der Waals surface area contributed by atoms with E-state index in [0.717, 1.165) is 5.57 Å². The van der Waals surface area contributed by atoms with E-state index in [9.17, 15) is 0 Å². The van der Waals surface area contributed by atoms with Crippen LogP contribution in [-0.2, 0) is 4.74 Å². The Bertz CT molecular complexity index is 404. The zero-order valence-corrected chi connectivity index (χ0v) is 10.8. The van der Waals surface area contributed by atoms with E-state index in [-0.39, 0.29) is 5.95 Å². The minimum atomic E-state index is 0.218. The normalized spacial score (nSPS) is 11.5. The Labute approximate surface area is 102 Å². The highest BCUT2D eigenvalue weighted by atomic mass is 16.5. The fourth-order valence-corrected chi connectivity index (χ4v) is 1.05. The average Bonchev–Trinajstić information content (AvgIpc) is 2.80. The fraction of sp³-hybridized carbons (Fsp3) is 0.333. The maximum Gasteiger partial charge on any atom is 0.239 e. The number of aromatic nitrogens is 3. The molecule has 3 N–H and O–H groups in total. The first-order valence-electron chi connectivity index (χ1n) is 5.44. The highest BCUT2D eigenvalue weighted by Crippen LogP contribution is 2.14. The first kappa shape index (κ1) is 15.0. The van der Waals surface area contributed by atoms with Crippen molar-refractivity contribution in [3.63, 3.8) is 0 Å². The molecule has 0 atom stereocenters. The van der Waals surface area contributed by atoms with Crippen molar-refractivity contribution in [1.82, 2.24) is 15.2 Å². The number of anilines is 1. The maximum absolute atomic E-state index is 5.41. The van der Waals surface area contributed by atoms with Crippen molar-refractivity contribution >= 4 is 11.5 Å². The van der Waals surface area contributed by atoms with Gasteiger partial charge in [-0.05, 0) is 19.1 Å². The number of methoxy groups -OCH3 is 1. The van der Waals surface area contributed by atoms with Gasteiger partial charge in [0.25, 0.3) is 0 Å². The van der Waals surface area contributed by atoms with Crippen LogP contribution in [0.4, 0.5) is 5.95 Å². The summed E-state index contributed by atoms with van der Waals surface area (Å²) >= 11 is 0. The first-order chi connectivity index (χ1) is 8.21. The third-order valence-corrected chi connectivity index (χ3v) is 1.82. The van der Waals surface area contributed by atoms with Gasteiger partial charge < -0.3 is 10.5 Å². The van der Waals surface area contributed by atoms with E-state index >= 15 is 0 Å². The van der Waals surface area contributed by atoms with Crippen LogP contribution in [0.1, 0.15) is 26.6 Å². The molecule has 0 aliphatic rings. The van der Waals surface area contributed by atoms with Crippen LogP contribution in [0.15, 0.2) is 30.6 Å². The molecule has 0 saturated heterocycles. The number of hydrogen-bond acceptors (Lipinski definition) is 4. The van der Waals surface area contributed by atoms with E-state index in [1.54, 1.807) is 19.3 Å². The molecule has 5 heteroatoms.